The number of oxime groups is 1. The molecule has 2 aromatic carbocycles. The number of hydrogen-bond donors (Lipinski definition) is 4. The number of rotatable bonds is 4. The van der Waals surface area contributed by atoms with Gasteiger partial charge in [0.25, 0.3) is 0 Å². The molecule has 4 rings (SSSR count). The van der Waals surface area contributed by atoms with Gasteiger partial charge >= 0.3 is 6.03 Å². The normalized spacial score (nSPS) is 11.5. The highest BCUT2D eigenvalue weighted by Crippen LogP contribution is 2.26. The minimum absolute atomic E-state index is 0.0786. The van der Waals surface area contributed by atoms with E-state index in [9.17, 15) is 14.4 Å². The zero-order valence-electron chi connectivity index (χ0n) is 14.9. The SMILES string of the molecule is O=C(Nc1nonc1/C(=N/O)Nc1ccc(F)c(Br)c1)Nc1coc2ccccc12. The maximum atomic E-state index is 13.4. The van der Waals surface area contributed by atoms with Gasteiger partial charge in [0.05, 0.1) is 10.2 Å². The Kier molecular flexibility index (Phi) is 5.30. The Morgan fingerprint density at radius 1 is 1.13 bits per heavy atom. The molecule has 0 saturated heterocycles. The molecule has 10 nitrogen and oxygen atoms in total. The summed E-state index contributed by atoms with van der Waals surface area (Å²) >= 11 is 3.06. The van der Waals surface area contributed by atoms with Crippen molar-refractivity contribution in [2.45, 2.75) is 0 Å². The first-order chi connectivity index (χ1) is 14.5. The third kappa shape index (κ3) is 3.93. The topological polar surface area (TPSA) is 138 Å². The number of urea groups is 1. The number of amidine groups is 1. The molecule has 0 aliphatic rings. The smallest absolute Gasteiger partial charge is 0.325 e. The Morgan fingerprint density at radius 3 is 2.77 bits per heavy atom. The van der Waals surface area contributed by atoms with Crippen molar-refractivity contribution in [3.63, 3.8) is 0 Å². The molecule has 4 aromatic rings. The average Bonchev–Trinajstić information content (AvgIpc) is 3.36. The largest absolute Gasteiger partial charge is 0.462 e. The quantitative estimate of drug-likeness (QED) is 0.146. The number of halogens is 2. The summed E-state index contributed by atoms with van der Waals surface area (Å²) in [5.74, 6) is -0.752. The van der Waals surface area contributed by atoms with Crippen LogP contribution in [-0.2, 0) is 0 Å². The number of para-hydroxylation sites is 1. The lowest BCUT2D eigenvalue weighted by Gasteiger charge is -2.08. The van der Waals surface area contributed by atoms with Gasteiger partial charge in [0, 0.05) is 11.1 Å². The summed E-state index contributed by atoms with van der Waals surface area (Å²) in [6.07, 6.45) is 1.40. The fraction of sp³-hybridized carbons (Fsp3) is 0. The Labute approximate surface area is 175 Å². The maximum Gasteiger partial charge on any atom is 0.325 e. The van der Waals surface area contributed by atoms with Crippen molar-refractivity contribution in [2.24, 2.45) is 5.16 Å². The molecule has 30 heavy (non-hydrogen) atoms. The molecule has 2 amide bonds. The van der Waals surface area contributed by atoms with Crippen molar-refractivity contribution in [3.8, 4) is 0 Å². The van der Waals surface area contributed by atoms with E-state index in [0.717, 1.165) is 0 Å². The molecule has 0 aliphatic carbocycles. The van der Waals surface area contributed by atoms with Crippen LogP contribution < -0.4 is 16.0 Å². The number of benzene rings is 2. The van der Waals surface area contributed by atoms with Crippen LogP contribution >= 0.6 is 15.9 Å². The minimum Gasteiger partial charge on any atom is -0.462 e. The van der Waals surface area contributed by atoms with Gasteiger partial charge in [0.2, 0.25) is 11.7 Å². The van der Waals surface area contributed by atoms with Gasteiger partial charge in [-0.25, -0.2) is 13.8 Å². The number of carbonyl (C=O) groups is 1. The molecule has 12 heteroatoms. The Balaban J connectivity index is 1.50. The van der Waals surface area contributed by atoms with E-state index in [2.05, 4.69) is 52.0 Å². The molecule has 0 bridgehead atoms. The number of carbonyl (C=O) groups excluding carboxylic acids is 1. The maximum absolute atomic E-state index is 13.4. The second-order valence-corrected chi connectivity index (χ2v) is 6.74. The monoisotopic (exact) mass is 474 g/mol. The van der Waals surface area contributed by atoms with Gasteiger partial charge in [-0.15, -0.1) is 0 Å². The fourth-order valence-electron chi connectivity index (χ4n) is 2.60. The van der Waals surface area contributed by atoms with Crippen molar-refractivity contribution in [3.05, 3.63) is 64.7 Å². The van der Waals surface area contributed by atoms with E-state index in [1.807, 2.05) is 12.1 Å². The van der Waals surface area contributed by atoms with Crippen molar-refractivity contribution < 1.29 is 23.4 Å². The van der Waals surface area contributed by atoms with Crippen LogP contribution in [-0.4, -0.2) is 27.4 Å². The van der Waals surface area contributed by atoms with E-state index < -0.39 is 11.8 Å². The first kappa shape index (κ1) is 19.4. The molecule has 0 radical (unpaired) electrons. The molecule has 0 saturated carbocycles. The number of nitrogens with one attached hydrogen (secondary N) is 3. The highest BCUT2D eigenvalue weighted by molar-refractivity contribution is 9.10. The van der Waals surface area contributed by atoms with Crippen LogP contribution in [0.1, 0.15) is 5.69 Å². The summed E-state index contributed by atoms with van der Waals surface area (Å²) in [5, 5.41) is 28.2. The predicted molar refractivity (Wildman–Crippen MR) is 109 cm³/mol. The highest BCUT2D eigenvalue weighted by atomic mass is 79.9. The summed E-state index contributed by atoms with van der Waals surface area (Å²) in [7, 11) is 0. The van der Waals surface area contributed by atoms with Gasteiger partial charge in [0.15, 0.2) is 5.69 Å². The van der Waals surface area contributed by atoms with E-state index in [-0.39, 0.29) is 21.8 Å². The Hall–Kier alpha value is -3.93. The molecule has 2 aromatic heterocycles. The number of anilines is 3. The summed E-state index contributed by atoms with van der Waals surface area (Å²) < 4.78 is 23.6. The van der Waals surface area contributed by atoms with Gasteiger partial charge in [-0.3, -0.25) is 5.32 Å². The number of furan rings is 1. The van der Waals surface area contributed by atoms with Crippen LogP contribution in [0.25, 0.3) is 11.0 Å². The molecule has 0 aliphatic heterocycles. The van der Waals surface area contributed by atoms with E-state index in [1.54, 1.807) is 12.1 Å². The number of nitrogens with zero attached hydrogens (tertiary/aromatic N) is 3. The van der Waals surface area contributed by atoms with Crippen LogP contribution in [0.15, 0.2) is 67.4 Å². The number of amides is 2. The van der Waals surface area contributed by atoms with Crippen LogP contribution in [0.4, 0.5) is 26.4 Å². The second-order valence-electron chi connectivity index (χ2n) is 5.89. The number of hydrogen-bond acceptors (Lipinski definition) is 7. The van der Waals surface area contributed by atoms with Gasteiger partial charge < -0.3 is 20.3 Å². The third-order valence-corrected chi connectivity index (χ3v) is 4.56. The van der Waals surface area contributed by atoms with Gasteiger partial charge in [0.1, 0.15) is 17.7 Å². The van der Waals surface area contributed by atoms with Crippen LogP contribution in [0, 0.1) is 5.82 Å². The van der Waals surface area contributed by atoms with Gasteiger partial charge in [-0.2, -0.15) is 0 Å². The lowest BCUT2D eigenvalue weighted by molar-refractivity contribution is 0.261. The van der Waals surface area contributed by atoms with Gasteiger partial charge in [-0.1, -0.05) is 17.3 Å². The average molecular weight is 475 g/mol. The first-order valence-corrected chi connectivity index (χ1v) is 9.15. The van der Waals surface area contributed by atoms with Crippen molar-refractivity contribution in [1.82, 2.24) is 10.3 Å². The van der Waals surface area contributed by atoms with Crippen LogP contribution in [0.3, 0.4) is 0 Å². The summed E-state index contributed by atoms with van der Waals surface area (Å²) in [6.45, 7) is 0. The van der Waals surface area contributed by atoms with Crippen molar-refractivity contribution in [1.29, 1.82) is 0 Å². The van der Waals surface area contributed by atoms with Crippen LogP contribution in [0.5, 0.6) is 0 Å². The molecular formula is C18H12BrFN6O4. The zero-order chi connectivity index (χ0) is 21.1. The Bertz CT molecular complexity index is 1250. The molecular weight excluding hydrogens is 463 g/mol. The summed E-state index contributed by atoms with van der Waals surface area (Å²) in [5.41, 5.74) is 1.37. The first-order valence-electron chi connectivity index (χ1n) is 8.36. The highest BCUT2D eigenvalue weighted by Gasteiger charge is 2.20. The van der Waals surface area contributed by atoms with Gasteiger partial charge in [-0.05, 0) is 56.6 Å². The van der Waals surface area contributed by atoms with Crippen LogP contribution in [0.2, 0.25) is 0 Å². The Morgan fingerprint density at radius 2 is 1.97 bits per heavy atom. The van der Waals surface area contributed by atoms with E-state index in [1.165, 1.54) is 24.5 Å². The predicted octanol–water partition coefficient (Wildman–Crippen LogP) is 4.61. The summed E-state index contributed by atoms with van der Waals surface area (Å²) in [6, 6.07) is 10.6. The van der Waals surface area contributed by atoms with Crippen molar-refractivity contribution in [2.75, 3.05) is 16.0 Å². The molecule has 0 spiro atoms. The fourth-order valence-corrected chi connectivity index (χ4v) is 2.98. The molecule has 0 fully saturated rings. The molecule has 4 N–H and O–H groups in total. The van der Waals surface area contributed by atoms with E-state index in [0.29, 0.717) is 22.3 Å². The van der Waals surface area contributed by atoms with E-state index in [4.69, 9.17) is 4.42 Å². The molecule has 152 valence electrons. The lowest BCUT2D eigenvalue weighted by Crippen LogP contribution is -2.23. The third-order valence-electron chi connectivity index (χ3n) is 3.96. The summed E-state index contributed by atoms with van der Waals surface area (Å²) in [4.78, 5) is 12.4. The number of fused-ring (bicyclic) bond motifs is 1. The lowest BCUT2D eigenvalue weighted by atomic mass is 10.2. The number of aromatic nitrogens is 2. The van der Waals surface area contributed by atoms with E-state index >= 15 is 0 Å². The molecule has 0 atom stereocenters. The second kappa shape index (κ2) is 8.21. The minimum atomic E-state index is -0.652. The molecule has 0 unspecified atom stereocenters. The molecule has 2 heterocycles. The standard InChI is InChI=1S/C18H12BrFN6O4/c19-11-7-9(5-6-12(11)20)21-16(24-28)15-17(26-30-25-15)23-18(27)22-13-8-29-14-4-2-1-3-10(13)14/h1-8,28H,(H,21,24)(H2,22,23,26,27). The zero-order valence-corrected chi connectivity index (χ0v) is 16.5. The van der Waals surface area contributed by atoms with Crippen molar-refractivity contribution >= 4 is 56.0 Å².